The van der Waals surface area contributed by atoms with Gasteiger partial charge in [0, 0.05) is 12.6 Å². The van der Waals surface area contributed by atoms with Crippen LogP contribution in [0.2, 0.25) is 0 Å². The molecule has 0 radical (unpaired) electrons. The Labute approximate surface area is 114 Å². The molecule has 1 N–H and O–H groups in total. The zero-order valence-corrected chi connectivity index (χ0v) is 12.6. The van der Waals surface area contributed by atoms with Gasteiger partial charge in [-0.2, -0.15) is 0 Å². The number of rotatable bonds is 6. The first kappa shape index (κ1) is 14.3. The Kier molecular flexibility index (Phi) is 5.50. The van der Waals surface area contributed by atoms with Crippen LogP contribution in [0.4, 0.5) is 0 Å². The van der Waals surface area contributed by atoms with Gasteiger partial charge in [0.15, 0.2) is 0 Å². The molecule has 0 bridgehead atoms. The number of hydrogen-bond acceptors (Lipinski definition) is 2. The molecule has 0 aromatic rings. The molecule has 2 nitrogen and oxygen atoms in total. The number of likely N-dealkylation sites (tertiary alicyclic amines) is 1. The van der Waals surface area contributed by atoms with E-state index in [0.29, 0.717) is 0 Å². The average molecular weight is 252 g/mol. The van der Waals surface area contributed by atoms with E-state index >= 15 is 0 Å². The van der Waals surface area contributed by atoms with Crippen molar-refractivity contribution in [1.82, 2.24) is 10.2 Å². The third-order valence-electron chi connectivity index (χ3n) is 5.35. The predicted octanol–water partition coefficient (Wildman–Crippen LogP) is 3.13. The van der Waals surface area contributed by atoms with Gasteiger partial charge in [-0.1, -0.05) is 27.2 Å². The van der Waals surface area contributed by atoms with Crippen LogP contribution in [0.25, 0.3) is 0 Å². The first-order chi connectivity index (χ1) is 8.76. The summed E-state index contributed by atoms with van der Waals surface area (Å²) in [5.74, 6) is 2.83. The van der Waals surface area contributed by atoms with Crippen LogP contribution in [-0.4, -0.2) is 37.1 Å². The van der Waals surface area contributed by atoms with E-state index in [1.807, 2.05) is 0 Å². The van der Waals surface area contributed by atoms with E-state index in [1.54, 1.807) is 0 Å². The summed E-state index contributed by atoms with van der Waals surface area (Å²) in [4.78, 5) is 2.80. The molecule has 1 aliphatic carbocycles. The lowest BCUT2D eigenvalue weighted by atomic mass is 9.93. The summed E-state index contributed by atoms with van der Waals surface area (Å²) >= 11 is 0. The molecule has 2 rings (SSSR count). The summed E-state index contributed by atoms with van der Waals surface area (Å²) in [7, 11) is 0. The summed E-state index contributed by atoms with van der Waals surface area (Å²) in [6.45, 7) is 12.2. The number of hydrogen-bond donors (Lipinski definition) is 1. The van der Waals surface area contributed by atoms with Crippen molar-refractivity contribution < 1.29 is 0 Å². The molecule has 0 spiro atoms. The maximum absolute atomic E-state index is 3.59. The largest absolute Gasteiger partial charge is 0.316 e. The van der Waals surface area contributed by atoms with Crippen LogP contribution in [0.1, 0.15) is 52.9 Å². The Bertz CT molecular complexity index is 241. The second-order valence-corrected chi connectivity index (χ2v) is 6.53. The molecule has 2 heteroatoms. The first-order valence-electron chi connectivity index (χ1n) is 8.21. The van der Waals surface area contributed by atoms with Gasteiger partial charge >= 0.3 is 0 Å². The van der Waals surface area contributed by atoms with Crippen molar-refractivity contribution in [1.29, 1.82) is 0 Å². The molecule has 0 aromatic carbocycles. The zero-order chi connectivity index (χ0) is 13.0. The lowest BCUT2D eigenvalue weighted by molar-refractivity contribution is 0.181. The third-order valence-corrected chi connectivity index (χ3v) is 5.35. The second kappa shape index (κ2) is 6.91. The van der Waals surface area contributed by atoms with E-state index in [0.717, 1.165) is 23.8 Å². The van der Waals surface area contributed by atoms with E-state index in [4.69, 9.17) is 0 Å². The van der Waals surface area contributed by atoms with E-state index in [2.05, 4.69) is 31.0 Å². The van der Waals surface area contributed by atoms with Gasteiger partial charge in [-0.25, -0.2) is 0 Å². The van der Waals surface area contributed by atoms with Gasteiger partial charge in [-0.05, 0) is 63.1 Å². The summed E-state index contributed by atoms with van der Waals surface area (Å²) in [5.41, 5.74) is 0. The number of nitrogens with one attached hydrogen (secondary N) is 1. The van der Waals surface area contributed by atoms with Crippen molar-refractivity contribution in [2.75, 3.05) is 26.2 Å². The minimum atomic E-state index is 0.895. The third kappa shape index (κ3) is 3.27. The molecule has 1 saturated heterocycles. The highest BCUT2D eigenvalue weighted by molar-refractivity contribution is 4.91. The zero-order valence-electron chi connectivity index (χ0n) is 12.6. The monoisotopic (exact) mass is 252 g/mol. The van der Waals surface area contributed by atoms with Crippen molar-refractivity contribution in [3.05, 3.63) is 0 Å². The fourth-order valence-electron chi connectivity index (χ4n) is 4.13. The van der Waals surface area contributed by atoms with Gasteiger partial charge in [0.1, 0.15) is 0 Å². The van der Waals surface area contributed by atoms with Crippen molar-refractivity contribution in [2.45, 2.75) is 58.9 Å². The van der Waals surface area contributed by atoms with Gasteiger partial charge in [0.2, 0.25) is 0 Å². The standard InChI is InChI=1S/C16H32N2/c1-4-9-17-11-14-8-10-18(12-14)16-7-6-15(5-2)13(16)3/h13-17H,4-12H2,1-3H3. The fourth-order valence-corrected chi connectivity index (χ4v) is 4.13. The lowest BCUT2D eigenvalue weighted by Crippen LogP contribution is -2.37. The first-order valence-corrected chi connectivity index (χ1v) is 8.21. The van der Waals surface area contributed by atoms with E-state index in [-0.39, 0.29) is 0 Å². The summed E-state index contributed by atoms with van der Waals surface area (Å²) in [6, 6.07) is 0.895. The highest BCUT2D eigenvalue weighted by atomic mass is 15.2. The summed E-state index contributed by atoms with van der Waals surface area (Å²) in [5, 5.41) is 3.59. The SMILES string of the molecule is CCCNCC1CCN(C2CCC(CC)C2C)C1. The van der Waals surface area contributed by atoms with Crippen molar-refractivity contribution >= 4 is 0 Å². The molecule has 0 amide bonds. The topological polar surface area (TPSA) is 15.3 Å². The second-order valence-electron chi connectivity index (χ2n) is 6.53. The minimum absolute atomic E-state index is 0.895. The highest BCUT2D eigenvalue weighted by Gasteiger charge is 2.37. The highest BCUT2D eigenvalue weighted by Crippen LogP contribution is 2.38. The molecule has 1 aliphatic heterocycles. The normalized spacial score (nSPS) is 37.5. The van der Waals surface area contributed by atoms with Crippen LogP contribution in [0.5, 0.6) is 0 Å². The van der Waals surface area contributed by atoms with E-state index in [1.165, 1.54) is 58.3 Å². The van der Waals surface area contributed by atoms with Crippen LogP contribution in [0, 0.1) is 17.8 Å². The van der Waals surface area contributed by atoms with Gasteiger partial charge in [0.05, 0.1) is 0 Å². The Hall–Kier alpha value is -0.0800. The van der Waals surface area contributed by atoms with Crippen LogP contribution in [0.15, 0.2) is 0 Å². The quantitative estimate of drug-likeness (QED) is 0.731. The van der Waals surface area contributed by atoms with E-state index < -0.39 is 0 Å². The van der Waals surface area contributed by atoms with Gasteiger partial charge in [-0.15, -0.1) is 0 Å². The van der Waals surface area contributed by atoms with Crippen LogP contribution >= 0.6 is 0 Å². The Morgan fingerprint density at radius 2 is 2.00 bits per heavy atom. The molecular formula is C16H32N2. The smallest absolute Gasteiger partial charge is 0.0124 e. The molecule has 0 aromatic heterocycles. The molecule has 18 heavy (non-hydrogen) atoms. The number of nitrogens with zero attached hydrogens (tertiary/aromatic N) is 1. The predicted molar refractivity (Wildman–Crippen MR) is 78.8 cm³/mol. The minimum Gasteiger partial charge on any atom is -0.316 e. The van der Waals surface area contributed by atoms with Gasteiger partial charge in [0.25, 0.3) is 0 Å². The summed E-state index contributed by atoms with van der Waals surface area (Å²) in [6.07, 6.45) is 6.98. The van der Waals surface area contributed by atoms with Gasteiger partial charge < -0.3 is 5.32 Å². The molecule has 1 saturated carbocycles. The molecule has 1 heterocycles. The average Bonchev–Trinajstić information content (AvgIpc) is 2.96. The summed E-state index contributed by atoms with van der Waals surface area (Å²) < 4.78 is 0. The Morgan fingerprint density at radius 1 is 1.17 bits per heavy atom. The molecular weight excluding hydrogens is 220 g/mol. The van der Waals surface area contributed by atoms with Crippen molar-refractivity contribution in [3.8, 4) is 0 Å². The maximum atomic E-state index is 3.59. The van der Waals surface area contributed by atoms with Gasteiger partial charge in [-0.3, -0.25) is 4.90 Å². The fraction of sp³-hybridized carbons (Fsp3) is 1.00. The molecule has 2 fully saturated rings. The van der Waals surface area contributed by atoms with Crippen LogP contribution in [0.3, 0.4) is 0 Å². The Balaban J connectivity index is 1.75. The van der Waals surface area contributed by atoms with Crippen LogP contribution < -0.4 is 5.32 Å². The van der Waals surface area contributed by atoms with E-state index in [9.17, 15) is 0 Å². The lowest BCUT2D eigenvalue weighted by Gasteiger charge is -2.29. The molecule has 4 unspecified atom stereocenters. The Morgan fingerprint density at radius 3 is 2.67 bits per heavy atom. The van der Waals surface area contributed by atoms with Crippen LogP contribution in [-0.2, 0) is 0 Å². The molecule has 4 atom stereocenters. The molecule has 2 aliphatic rings. The molecule has 106 valence electrons. The maximum Gasteiger partial charge on any atom is 0.0124 e. The van der Waals surface area contributed by atoms with Crippen molar-refractivity contribution in [2.24, 2.45) is 17.8 Å². The van der Waals surface area contributed by atoms with Crippen molar-refractivity contribution in [3.63, 3.8) is 0 Å².